The van der Waals surface area contributed by atoms with E-state index in [1.807, 2.05) is 55.5 Å². The first kappa shape index (κ1) is 20.1. The summed E-state index contributed by atoms with van der Waals surface area (Å²) in [6, 6.07) is 14.8. The molecule has 3 rings (SSSR count). The van der Waals surface area contributed by atoms with E-state index < -0.39 is 11.9 Å². The van der Waals surface area contributed by atoms with Gasteiger partial charge in [-0.1, -0.05) is 48.0 Å². The number of para-hydroxylation sites is 1. The minimum absolute atomic E-state index is 0.00993. The standard InChI is InChI=1S/C22H24N4O3/c1-14-7-9-16(10-8-14)20(24-15(2)27)12-22(29)26-25-21(28)11-17-13-23-19-6-4-3-5-18(17)19/h3-10,13,20,23H,11-12H2,1-2H3,(H,24,27)(H,25,28)(H,26,29). The van der Waals surface area contributed by atoms with Gasteiger partial charge in [0.25, 0.3) is 0 Å². The van der Waals surface area contributed by atoms with Gasteiger partial charge in [-0.25, -0.2) is 0 Å². The Kier molecular flexibility index (Phi) is 6.29. The Hall–Kier alpha value is -3.61. The van der Waals surface area contributed by atoms with Crippen molar-refractivity contribution in [2.75, 3.05) is 0 Å². The summed E-state index contributed by atoms with van der Waals surface area (Å²) in [5.41, 5.74) is 8.58. The fourth-order valence-corrected chi connectivity index (χ4v) is 3.17. The number of carbonyl (C=O) groups excluding carboxylic acids is 3. The molecular formula is C22H24N4O3. The Morgan fingerprint density at radius 3 is 2.38 bits per heavy atom. The lowest BCUT2D eigenvalue weighted by atomic mass is 10.0. The second-order valence-corrected chi connectivity index (χ2v) is 7.00. The molecule has 3 amide bonds. The van der Waals surface area contributed by atoms with E-state index in [2.05, 4.69) is 21.2 Å². The van der Waals surface area contributed by atoms with Crippen LogP contribution in [0, 0.1) is 6.92 Å². The predicted octanol–water partition coefficient (Wildman–Crippen LogP) is 2.43. The number of H-pyrrole nitrogens is 1. The lowest BCUT2D eigenvalue weighted by molar-refractivity contribution is -0.129. The van der Waals surface area contributed by atoms with Gasteiger partial charge in [0.2, 0.25) is 17.7 Å². The molecule has 7 nitrogen and oxygen atoms in total. The lowest BCUT2D eigenvalue weighted by Gasteiger charge is -2.18. The van der Waals surface area contributed by atoms with Crippen LogP contribution < -0.4 is 16.2 Å². The van der Waals surface area contributed by atoms with Gasteiger partial charge in [-0.15, -0.1) is 0 Å². The Bertz CT molecular complexity index is 1020. The number of hydrazine groups is 1. The first-order valence-electron chi connectivity index (χ1n) is 9.38. The number of benzene rings is 2. The van der Waals surface area contributed by atoms with Crippen LogP contribution in [0.15, 0.2) is 54.7 Å². The van der Waals surface area contributed by atoms with Crippen LogP contribution in [0.2, 0.25) is 0 Å². The molecule has 0 saturated heterocycles. The number of nitrogens with one attached hydrogen (secondary N) is 4. The topological polar surface area (TPSA) is 103 Å². The number of fused-ring (bicyclic) bond motifs is 1. The molecule has 0 aliphatic heterocycles. The summed E-state index contributed by atoms with van der Waals surface area (Å²) < 4.78 is 0. The zero-order valence-electron chi connectivity index (χ0n) is 16.4. The van der Waals surface area contributed by atoms with Crippen LogP contribution in [0.25, 0.3) is 10.9 Å². The summed E-state index contributed by atoms with van der Waals surface area (Å²) >= 11 is 0. The van der Waals surface area contributed by atoms with Gasteiger partial charge in [0.15, 0.2) is 0 Å². The van der Waals surface area contributed by atoms with Gasteiger partial charge in [0.05, 0.1) is 18.9 Å². The molecular weight excluding hydrogens is 368 g/mol. The molecule has 0 saturated carbocycles. The second kappa shape index (κ2) is 9.05. The summed E-state index contributed by atoms with van der Waals surface area (Å²) in [4.78, 5) is 39.2. The van der Waals surface area contributed by atoms with Gasteiger partial charge in [0.1, 0.15) is 0 Å². The van der Waals surface area contributed by atoms with Crippen molar-refractivity contribution in [2.24, 2.45) is 0 Å². The van der Waals surface area contributed by atoms with Crippen LogP contribution in [0.3, 0.4) is 0 Å². The largest absolute Gasteiger partial charge is 0.361 e. The number of carbonyl (C=O) groups is 3. The average Bonchev–Trinajstić information content (AvgIpc) is 3.09. The van der Waals surface area contributed by atoms with Gasteiger partial charge in [-0.05, 0) is 24.1 Å². The molecule has 0 aliphatic carbocycles. The van der Waals surface area contributed by atoms with Crippen molar-refractivity contribution in [2.45, 2.75) is 32.7 Å². The summed E-state index contributed by atoms with van der Waals surface area (Å²) in [5, 5.41) is 3.75. The molecule has 0 radical (unpaired) electrons. The van der Waals surface area contributed by atoms with E-state index in [4.69, 9.17) is 0 Å². The predicted molar refractivity (Wildman–Crippen MR) is 111 cm³/mol. The minimum atomic E-state index is -0.474. The van der Waals surface area contributed by atoms with E-state index in [1.54, 1.807) is 6.20 Å². The maximum Gasteiger partial charge on any atom is 0.242 e. The number of amides is 3. The highest BCUT2D eigenvalue weighted by Crippen LogP contribution is 2.19. The molecule has 1 heterocycles. The van der Waals surface area contributed by atoms with Gasteiger partial charge in [-0.2, -0.15) is 0 Å². The highest BCUT2D eigenvalue weighted by atomic mass is 16.2. The summed E-state index contributed by atoms with van der Waals surface area (Å²) in [6.07, 6.45) is 1.93. The Balaban J connectivity index is 1.56. The fourth-order valence-electron chi connectivity index (χ4n) is 3.17. The maximum absolute atomic E-state index is 12.3. The Morgan fingerprint density at radius 1 is 0.966 bits per heavy atom. The number of aromatic amines is 1. The summed E-state index contributed by atoms with van der Waals surface area (Å²) in [6.45, 7) is 3.37. The van der Waals surface area contributed by atoms with Crippen LogP contribution in [0.5, 0.6) is 0 Å². The Labute approximate surface area is 168 Å². The average molecular weight is 392 g/mol. The van der Waals surface area contributed by atoms with Crippen molar-refractivity contribution < 1.29 is 14.4 Å². The third kappa shape index (κ3) is 5.44. The van der Waals surface area contributed by atoms with Gasteiger partial charge >= 0.3 is 0 Å². The van der Waals surface area contributed by atoms with E-state index in [9.17, 15) is 14.4 Å². The molecule has 4 N–H and O–H groups in total. The van der Waals surface area contributed by atoms with E-state index in [0.29, 0.717) is 0 Å². The Morgan fingerprint density at radius 2 is 1.66 bits per heavy atom. The zero-order chi connectivity index (χ0) is 20.8. The van der Waals surface area contributed by atoms with Crippen molar-refractivity contribution in [3.05, 3.63) is 71.4 Å². The monoisotopic (exact) mass is 392 g/mol. The molecule has 0 spiro atoms. The SMILES string of the molecule is CC(=O)NC(CC(=O)NNC(=O)Cc1c[nH]c2ccccc12)c1ccc(C)cc1. The third-order valence-corrected chi connectivity index (χ3v) is 4.61. The molecule has 3 aromatic rings. The highest BCUT2D eigenvalue weighted by molar-refractivity contribution is 5.90. The number of hydrogen-bond acceptors (Lipinski definition) is 3. The smallest absolute Gasteiger partial charge is 0.242 e. The van der Waals surface area contributed by atoms with Crippen molar-refractivity contribution in [1.29, 1.82) is 0 Å². The quantitative estimate of drug-likeness (QED) is 0.485. The zero-order valence-corrected chi connectivity index (χ0v) is 16.4. The molecule has 7 heteroatoms. The van der Waals surface area contributed by atoms with Crippen molar-refractivity contribution in [1.82, 2.24) is 21.2 Å². The third-order valence-electron chi connectivity index (χ3n) is 4.61. The lowest BCUT2D eigenvalue weighted by Crippen LogP contribution is -2.43. The van der Waals surface area contributed by atoms with Crippen molar-refractivity contribution in [3.63, 3.8) is 0 Å². The van der Waals surface area contributed by atoms with Crippen LogP contribution in [0.1, 0.15) is 36.1 Å². The summed E-state index contributed by atoms with van der Waals surface area (Å²) in [7, 11) is 0. The number of hydrogen-bond donors (Lipinski definition) is 4. The molecule has 29 heavy (non-hydrogen) atoms. The van der Waals surface area contributed by atoms with Gasteiger partial charge in [0, 0.05) is 24.0 Å². The van der Waals surface area contributed by atoms with E-state index in [1.165, 1.54) is 6.92 Å². The molecule has 0 aliphatic rings. The van der Waals surface area contributed by atoms with Crippen LogP contribution in [-0.2, 0) is 20.8 Å². The van der Waals surface area contributed by atoms with Crippen molar-refractivity contribution in [3.8, 4) is 0 Å². The van der Waals surface area contributed by atoms with Crippen LogP contribution >= 0.6 is 0 Å². The van der Waals surface area contributed by atoms with Gasteiger partial charge in [-0.3, -0.25) is 25.2 Å². The molecule has 2 aromatic carbocycles. The van der Waals surface area contributed by atoms with Crippen LogP contribution in [-0.4, -0.2) is 22.7 Å². The number of rotatable bonds is 6. The molecule has 1 atom stereocenters. The van der Waals surface area contributed by atoms with E-state index >= 15 is 0 Å². The van der Waals surface area contributed by atoms with E-state index in [0.717, 1.165) is 27.6 Å². The molecule has 0 fully saturated rings. The molecule has 1 unspecified atom stereocenters. The van der Waals surface area contributed by atoms with Crippen molar-refractivity contribution >= 4 is 28.6 Å². The van der Waals surface area contributed by atoms with Gasteiger partial charge < -0.3 is 10.3 Å². The first-order chi connectivity index (χ1) is 13.9. The number of aromatic nitrogens is 1. The molecule has 1 aromatic heterocycles. The normalized spacial score (nSPS) is 11.7. The van der Waals surface area contributed by atoms with Crippen LogP contribution in [0.4, 0.5) is 0 Å². The molecule has 0 bridgehead atoms. The minimum Gasteiger partial charge on any atom is -0.361 e. The number of aryl methyl sites for hydroxylation is 1. The molecule has 150 valence electrons. The fraction of sp³-hybridized carbons (Fsp3) is 0.227. The highest BCUT2D eigenvalue weighted by Gasteiger charge is 2.18. The summed E-state index contributed by atoms with van der Waals surface area (Å²) in [5.74, 6) is -0.946. The maximum atomic E-state index is 12.3. The first-order valence-corrected chi connectivity index (χ1v) is 9.38. The van der Waals surface area contributed by atoms with E-state index in [-0.39, 0.29) is 24.7 Å². The second-order valence-electron chi connectivity index (χ2n) is 7.00.